The lowest BCUT2D eigenvalue weighted by Crippen LogP contribution is -2.38. The van der Waals surface area contributed by atoms with Gasteiger partial charge in [-0.3, -0.25) is 4.79 Å². The van der Waals surface area contributed by atoms with Crippen LogP contribution in [0.1, 0.15) is 64.5 Å². The summed E-state index contributed by atoms with van der Waals surface area (Å²) >= 11 is 0. The first-order chi connectivity index (χ1) is 16.7. The number of anilines is 1. The highest BCUT2D eigenvalue weighted by atomic mass is 16.5. The fourth-order valence-electron chi connectivity index (χ4n) is 5.31. The van der Waals surface area contributed by atoms with Gasteiger partial charge in [0.1, 0.15) is 6.61 Å². The Bertz CT molecular complexity index is 1160. The van der Waals surface area contributed by atoms with Gasteiger partial charge < -0.3 is 15.0 Å². The standard InChI is InChI=1S/C30H36N2O3/c1-6-32(7-2)23-15-13-22(14-16-23)27-26(29(34)35-19-21-11-9-8-10-12-21)20(3)31-24-17-30(4,5)18-25(33)28(24)27/h8-16,27,31H,6-7,17-19H2,1-5H3/t27-/m0/s1. The number of carbonyl (C=O) groups is 2. The van der Waals surface area contributed by atoms with E-state index < -0.39 is 5.92 Å². The molecule has 0 spiro atoms. The third kappa shape index (κ3) is 5.19. The Hall–Kier alpha value is -3.34. The molecule has 5 heteroatoms. The topological polar surface area (TPSA) is 58.6 Å². The van der Waals surface area contributed by atoms with Crippen molar-refractivity contribution < 1.29 is 14.3 Å². The van der Waals surface area contributed by atoms with Crippen molar-refractivity contribution in [2.24, 2.45) is 5.41 Å². The molecule has 0 radical (unpaired) electrons. The van der Waals surface area contributed by atoms with E-state index >= 15 is 0 Å². The molecule has 1 aliphatic heterocycles. The number of carbonyl (C=O) groups excluding carboxylic acids is 2. The van der Waals surface area contributed by atoms with Crippen molar-refractivity contribution in [3.63, 3.8) is 0 Å². The number of ether oxygens (including phenoxy) is 1. The molecule has 2 aromatic carbocycles. The lowest BCUT2D eigenvalue weighted by Gasteiger charge is -2.39. The van der Waals surface area contributed by atoms with Crippen molar-refractivity contribution in [2.75, 3.05) is 18.0 Å². The van der Waals surface area contributed by atoms with Crippen molar-refractivity contribution in [3.05, 3.63) is 88.3 Å². The summed E-state index contributed by atoms with van der Waals surface area (Å²) in [6.45, 7) is 12.4. The van der Waals surface area contributed by atoms with Gasteiger partial charge in [0.15, 0.2) is 5.78 Å². The number of nitrogens with zero attached hydrogens (tertiary/aromatic N) is 1. The second-order valence-electron chi connectivity index (χ2n) is 10.3. The van der Waals surface area contributed by atoms with Crippen LogP contribution in [-0.4, -0.2) is 24.8 Å². The molecule has 35 heavy (non-hydrogen) atoms. The molecular formula is C30H36N2O3. The molecule has 0 fully saturated rings. The maximum Gasteiger partial charge on any atom is 0.337 e. The second-order valence-corrected chi connectivity index (χ2v) is 10.3. The van der Waals surface area contributed by atoms with Crippen LogP contribution in [0.3, 0.4) is 0 Å². The predicted octanol–water partition coefficient (Wildman–Crippen LogP) is 5.88. The van der Waals surface area contributed by atoms with Gasteiger partial charge in [0.2, 0.25) is 0 Å². The quantitative estimate of drug-likeness (QED) is 0.510. The third-order valence-corrected chi connectivity index (χ3v) is 7.03. The van der Waals surface area contributed by atoms with Crippen molar-refractivity contribution in [1.82, 2.24) is 5.32 Å². The van der Waals surface area contributed by atoms with Gasteiger partial charge in [0.05, 0.1) is 5.57 Å². The normalized spacial score (nSPS) is 19.2. The molecule has 1 N–H and O–H groups in total. The summed E-state index contributed by atoms with van der Waals surface area (Å²) < 4.78 is 5.76. The molecule has 0 saturated carbocycles. The fraction of sp³-hybridized carbons (Fsp3) is 0.400. The number of Topliss-reactive ketones (excluding diaryl/α,β-unsaturated/α-hetero) is 1. The Morgan fingerprint density at radius 1 is 1.03 bits per heavy atom. The Kier molecular flexibility index (Phi) is 7.15. The molecule has 2 aromatic rings. The van der Waals surface area contributed by atoms with E-state index in [4.69, 9.17) is 4.74 Å². The highest BCUT2D eigenvalue weighted by Crippen LogP contribution is 2.47. The summed E-state index contributed by atoms with van der Waals surface area (Å²) in [5.74, 6) is -0.729. The second kappa shape index (κ2) is 10.1. The first-order valence-corrected chi connectivity index (χ1v) is 12.5. The van der Waals surface area contributed by atoms with E-state index in [-0.39, 0.29) is 23.8 Å². The Labute approximate surface area is 208 Å². The zero-order valence-corrected chi connectivity index (χ0v) is 21.5. The Morgan fingerprint density at radius 3 is 2.31 bits per heavy atom. The largest absolute Gasteiger partial charge is 0.457 e. The summed E-state index contributed by atoms with van der Waals surface area (Å²) in [7, 11) is 0. The molecule has 0 bridgehead atoms. The monoisotopic (exact) mass is 472 g/mol. The molecule has 0 saturated heterocycles. The Morgan fingerprint density at radius 2 is 1.69 bits per heavy atom. The Balaban J connectivity index is 1.73. The fourth-order valence-corrected chi connectivity index (χ4v) is 5.31. The van der Waals surface area contributed by atoms with Crippen LogP contribution in [0.4, 0.5) is 5.69 Å². The summed E-state index contributed by atoms with van der Waals surface area (Å²) in [5, 5.41) is 3.41. The smallest absolute Gasteiger partial charge is 0.337 e. The van der Waals surface area contributed by atoms with E-state index in [0.717, 1.165) is 47.7 Å². The van der Waals surface area contributed by atoms with Gasteiger partial charge >= 0.3 is 5.97 Å². The van der Waals surface area contributed by atoms with Crippen LogP contribution >= 0.6 is 0 Å². The van der Waals surface area contributed by atoms with Crippen LogP contribution in [0.15, 0.2) is 77.1 Å². The number of benzene rings is 2. The summed E-state index contributed by atoms with van der Waals surface area (Å²) in [4.78, 5) is 29.2. The highest BCUT2D eigenvalue weighted by Gasteiger charge is 2.43. The molecule has 0 unspecified atom stereocenters. The minimum atomic E-state index is -0.441. The van der Waals surface area contributed by atoms with Gasteiger partial charge in [-0.15, -0.1) is 0 Å². The lowest BCUT2D eigenvalue weighted by molar-refractivity contribution is -0.140. The van der Waals surface area contributed by atoms with E-state index in [2.05, 4.69) is 62.2 Å². The van der Waals surface area contributed by atoms with Gasteiger partial charge in [-0.1, -0.05) is 56.3 Å². The van der Waals surface area contributed by atoms with Crippen LogP contribution in [0, 0.1) is 5.41 Å². The maximum atomic E-state index is 13.5. The number of rotatable bonds is 7. The van der Waals surface area contributed by atoms with Crippen LogP contribution in [0.25, 0.3) is 0 Å². The minimum Gasteiger partial charge on any atom is -0.457 e. The number of ketones is 1. The van der Waals surface area contributed by atoms with Crippen molar-refractivity contribution in [3.8, 4) is 0 Å². The number of nitrogens with one attached hydrogen (secondary N) is 1. The van der Waals surface area contributed by atoms with E-state index in [0.29, 0.717) is 17.6 Å². The van der Waals surface area contributed by atoms with Gasteiger partial charge in [0, 0.05) is 48.1 Å². The molecule has 2 aliphatic rings. The van der Waals surface area contributed by atoms with Crippen LogP contribution in [0.2, 0.25) is 0 Å². The minimum absolute atomic E-state index is 0.0995. The SMILES string of the molecule is CCN(CC)c1ccc([C@H]2C(C(=O)OCc3ccccc3)=C(C)NC3=C2C(=O)CC(C)(C)C3)cc1. The van der Waals surface area contributed by atoms with Crippen LogP contribution in [-0.2, 0) is 20.9 Å². The van der Waals surface area contributed by atoms with Crippen LogP contribution < -0.4 is 10.2 Å². The third-order valence-electron chi connectivity index (χ3n) is 7.03. The van der Waals surface area contributed by atoms with Crippen LogP contribution in [0.5, 0.6) is 0 Å². The van der Waals surface area contributed by atoms with Crippen molar-refractivity contribution >= 4 is 17.4 Å². The van der Waals surface area contributed by atoms with Gasteiger partial charge in [-0.05, 0) is 55.9 Å². The lowest BCUT2D eigenvalue weighted by atomic mass is 9.68. The summed E-state index contributed by atoms with van der Waals surface area (Å²) in [6.07, 6.45) is 1.23. The molecule has 0 amide bonds. The van der Waals surface area contributed by atoms with E-state index in [1.54, 1.807) is 0 Å². The average Bonchev–Trinajstić information content (AvgIpc) is 2.83. The number of hydrogen-bond acceptors (Lipinski definition) is 5. The average molecular weight is 473 g/mol. The van der Waals surface area contributed by atoms with E-state index in [1.165, 1.54) is 0 Å². The molecular weight excluding hydrogens is 436 g/mol. The molecule has 1 atom stereocenters. The van der Waals surface area contributed by atoms with E-state index in [9.17, 15) is 9.59 Å². The first-order valence-electron chi connectivity index (χ1n) is 12.5. The number of allylic oxidation sites excluding steroid dienone is 3. The zero-order valence-electron chi connectivity index (χ0n) is 21.5. The number of hydrogen-bond donors (Lipinski definition) is 1. The molecule has 1 aliphatic carbocycles. The first kappa shape index (κ1) is 24.8. The number of esters is 1. The van der Waals surface area contributed by atoms with Crippen molar-refractivity contribution in [1.29, 1.82) is 0 Å². The number of dihydropyridines is 1. The van der Waals surface area contributed by atoms with Gasteiger partial charge in [-0.25, -0.2) is 4.79 Å². The molecule has 1 heterocycles. The zero-order chi connectivity index (χ0) is 25.2. The molecule has 184 valence electrons. The van der Waals surface area contributed by atoms with Gasteiger partial charge in [-0.2, -0.15) is 0 Å². The highest BCUT2D eigenvalue weighted by molar-refractivity contribution is 6.04. The molecule has 5 nitrogen and oxygen atoms in total. The van der Waals surface area contributed by atoms with Gasteiger partial charge in [0.25, 0.3) is 0 Å². The maximum absolute atomic E-state index is 13.5. The summed E-state index contributed by atoms with van der Waals surface area (Å²) in [5.41, 5.74) is 5.79. The van der Waals surface area contributed by atoms with Crippen molar-refractivity contribution in [2.45, 2.75) is 60.0 Å². The van der Waals surface area contributed by atoms with E-state index in [1.807, 2.05) is 37.3 Å². The summed E-state index contributed by atoms with van der Waals surface area (Å²) in [6, 6.07) is 17.9. The molecule has 0 aromatic heterocycles. The predicted molar refractivity (Wildman–Crippen MR) is 140 cm³/mol. The molecule has 4 rings (SSSR count).